The third kappa shape index (κ3) is 4.64. The van der Waals surface area contributed by atoms with E-state index in [-0.39, 0.29) is 12.0 Å². The number of nitrogens with zero attached hydrogens (tertiary/aromatic N) is 5. The van der Waals surface area contributed by atoms with Crippen molar-refractivity contribution < 1.29 is 14.3 Å². The van der Waals surface area contributed by atoms with Crippen LogP contribution in [0, 0.1) is 12.8 Å². The molecule has 0 radical (unpaired) electrons. The molecule has 1 aliphatic rings. The van der Waals surface area contributed by atoms with Crippen LogP contribution < -0.4 is 9.47 Å². The second-order valence-electron chi connectivity index (χ2n) is 8.52. The van der Waals surface area contributed by atoms with Crippen LogP contribution in [-0.2, 0) is 4.79 Å². The van der Waals surface area contributed by atoms with Crippen LogP contribution in [0.2, 0.25) is 0 Å². The monoisotopic (exact) mass is 435 g/mol. The molecule has 8 nitrogen and oxygen atoms in total. The molecule has 8 heteroatoms. The average Bonchev–Trinajstić information content (AvgIpc) is 2.79. The molecule has 32 heavy (non-hydrogen) atoms. The maximum atomic E-state index is 12.3. The number of likely N-dealkylation sites (tertiary alicyclic amines) is 1. The van der Waals surface area contributed by atoms with Crippen molar-refractivity contribution >= 4 is 16.8 Å². The molecule has 1 aliphatic heterocycles. The number of carbonyl (C=O) groups excluding carboxylic acids is 1. The number of pyridine rings is 2. The van der Waals surface area contributed by atoms with Gasteiger partial charge in [0.15, 0.2) is 0 Å². The summed E-state index contributed by atoms with van der Waals surface area (Å²) in [5.74, 6) is 1.70. The van der Waals surface area contributed by atoms with Crippen LogP contribution >= 0.6 is 0 Å². The predicted molar refractivity (Wildman–Crippen MR) is 122 cm³/mol. The summed E-state index contributed by atoms with van der Waals surface area (Å²) in [7, 11) is 1.60. The van der Waals surface area contributed by atoms with Crippen LogP contribution in [0.25, 0.3) is 22.2 Å². The van der Waals surface area contributed by atoms with Crippen molar-refractivity contribution in [1.29, 1.82) is 0 Å². The fourth-order valence-corrected chi connectivity index (χ4v) is 4.02. The summed E-state index contributed by atoms with van der Waals surface area (Å²) in [6.45, 7) is 7.48. The molecule has 0 spiro atoms. The number of hydrogen-bond donors (Lipinski definition) is 0. The van der Waals surface area contributed by atoms with Gasteiger partial charge in [-0.3, -0.25) is 9.78 Å². The Balaban J connectivity index is 1.54. The summed E-state index contributed by atoms with van der Waals surface area (Å²) < 4.78 is 11.5. The van der Waals surface area contributed by atoms with Crippen molar-refractivity contribution in [2.24, 2.45) is 5.92 Å². The van der Waals surface area contributed by atoms with Gasteiger partial charge >= 0.3 is 0 Å². The highest BCUT2D eigenvalue weighted by Crippen LogP contribution is 2.32. The second kappa shape index (κ2) is 9.46. The van der Waals surface area contributed by atoms with E-state index in [4.69, 9.17) is 9.47 Å². The minimum absolute atomic E-state index is 0.0113. The number of carbonyl (C=O) groups is 1. The molecule has 1 amide bonds. The lowest BCUT2D eigenvalue weighted by Crippen LogP contribution is -2.42. The molecular formula is C24H29N5O3. The highest BCUT2D eigenvalue weighted by molar-refractivity contribution is 5.94. The fourth-order valence-electron chi connectivity index (χ4n) is 4.02. The van der Waals surface area contributed by atoms with Gasteiger partial charge in [-0.2, -0.15) is 0 Å². The molecule has 4 rings (SSSR count). The van der Waals surface area contributed by atoms with Crippen molar-refractivity contribution in [3.05, 3.63) is 36.4 Å². The van der Waals surface area contributed by atoms with Crippen molar-refractivity contribution in [3.8, 4) is 23.0 Å². The normalized spacial score (nSPS) is 14.7. The Morgan fingerprint density at radius 3 is 2.62 bits per heavy atom. The molecule has 0 aromatic carbocycles. The SMILES string of the molecule is COc1ccc(-c2nccc3c(OC4CCN(C(=O)CC(C)C)CC4)ncnc23)c(C)n1. The Hall–Kier alpha value is -3.29. The summed E-state index contributed by atoms with van der Waals surface area (Å²) in [5.41, 5.74) is 3.15. The van der Waals surface area contributed by atoms with Crippen molar-refractivity contribution in [2.75, 3.05) is 20.2 Å². The maximum absolute atomic E-state index is 12.3. The Labute approximate surface area is 188 Å². The molecule has 0 bridgehead atoms. The smallest absolute Gasteiger partial charge is 0.224 e. The lowest BCUT2D eigenvalue weighted by Gasteiger charge is -2.32. The molecule has 0 N–H and O–H groups in total. The van der Waals surface area contributed by atoms with Gasteiger partial charge in [0.1, 0.15) is 17.9 Å². The number of amides is 1. The molecule has 0 saturated carbocycles. The Kier molecular flexibility index (Phi) is 6.48. The van der Waals surface area contributed by atoms with Gasteiger partial charge in [-0.05, 0) is 25.0 Å². The zero-order chi connectivity index (χ0) is 22.7. The van der Waals surface area contributed by atoms with Gasteiger partial charge in [0.25, 0.3) is 0 Å². The third-order valence-corrected chi connectivity index (χ3v) is 5.70. The highest BCUT2D eigenvalue weighted by Gasteiger charge is 2.25. The Morgan fingerprint density at radius 2 is 1.94 bits per heavy atom. The number of ether oxygens (including phenoxy) is 2. The molecule has 4 heterocycles. The van der Waals surface area contributed by atoms with E-state index in [2.05, 4.69) is 33.8 Å². The van der Waals surface area contributed by atoms with Crippen molar-refractivity contribution in [2.45, 2.75) is 46.1 Å². The van der Waals surface area contributed by atoms with Gasteiger partial charge in [0, 0.05) is 50.2 Å². The van der Waals surface area contributed by atoms with Gasteiger partial charge < -0.3 is 14.4 Å². The number of piperidine rings is 1. The number of rotatable bonds is 6. The van der Waals surface area contributed by atoms with Crippen molar-refractivity contribution in [1.82, 2.24) is 24.8 Å². The highest BCUT2D eigenvalue weighted by atomic mass is 16.5. The predicted octanol–water partition coefficient (Wildman–Crippen LogP) is 3.82. The van der Waals surface area contributed by atoms with E-state index in [1.54, 1.807) is 13.3 Å². The van der Waals surface area contributed by atoms with Gasteiger partial charge in [-0.25, -0.2) is 15.0 Å². The van der Waals surface area contributed by atoms with Crippen molar-refractivity contribution in [3.63, 3.8) is 0 Å². The van der Waals surface area contributed by atoms with E-state index in [1.807, 2.05) is 30.0 Å². The summed E-state index contributed by atoms with van der Waals surface area (Å²) in [5, 5.41) is 0.811. The molecular weight excluding hydrogens is 406 g/mol. The number of methoxy groups -OCH3 is 1. The molecule has 0 unspecified atom stereocenters. The van der Waals surface area contributed by atoms with Crippen LogP contribution in [0.4, 0.5) is 0 Å². The van der Waals surface area contributed by atoms with E-state index in [1.165, 1.54) is 6.33 Å². The summed E-state index contributed by atoms with van der Waals surface area (Å²) >= 11 is 0. The van der Waals surface area contributed by atoms with E-state index < -0.39 is 0 Å². The zero-order valence-corrected chi connectivity index (χ0v) is 19.0. The summed E-state index contributed by atoms with van der Waals surface area (Å²) in [6, 6.07) is 5.63. The average molecular weight is 436 g/mol. The van der Waals surface area contributed by atoms with Crippen LogP contribution in [0.3, 0.4) is 0 Å². The first-order chi connectivity index (χ1) is 15.5. The van der Waals surface area contributed by atoms with Gasteiger partial charge in [-0.1, -0.05) is 13.8 Å². The summed E-state index contributed by atoms with van der Waals surface area (Å²) in [6.07, 6.45) is 5.43. The molecule has 1 fully saturated rings. The van der Waals surface area contributed by atoms with Crippen LogP contribution in [-0.4, -0.2) is 57.0 Å². The van der Waals surface area contributed by atoms with Crippen LogP contribution in [0.15, 0.2) is 30.7 Å². The standard InChI is InChI=1S/C24H29N5O3/c1-15(2)13-21(30)29-11-8-17(9-12-29)32-24-19-7-10-25-22(23(19)26-14-27-24)18-5-6-20(31-4)28-16(18)3/h5-7,10,14-15,17H,8-9,11-13H2,1-4H3. The first kappa shape index (κ1) is 21.9. The lowest BCUT2D eigenvalue weighted by atomic mass is 10.0. The van der Waals surface area contributed by atoms with E-state index >= 15 is 0 Å². The van der Waals surface area contributed by atoms with Gasteiger partial charge in [-0.15, -0.1) is 0 Å². The summed E-state index contributed by atoms with van der Waals surface area (Å²) in [4.78, 5) is 32.2. The van der Waals surface area contributed by atoms with E-state index in [0.29, 0.717) is 37.2 Å². The topological polar surface area (TPSA) is 90.3 Å². The largest absolute Gasteiger partial charge is 0.481 e. The van der Waals surface area contributed by atoms with Crippen LogP contribution in [0.1, 0.15) is 38.8 Å². The van der Waals surface area contributed by atoms with Crippen LogP contribution in [0.5, 0.6) is 11.8 Å². The molecule has 0 aliphatic carbocycles. The van der Waals surface area contributed by atoms with E-state index in [9.17, 15) is 4.79 Å². The minimum Gasteiger partial charge on any atom is -0.481 e. The molecule has 3 aromatic heterocycles. The molecule has 3 aromatic rings. The number of aryl methyl sites for hydroxylation is 1. The second-order valence-corrected chi connectivity index (χ2v) is 8.52. The Morgan fingerprint density at radius 1 is 1.16 bits per heavy atom. The van der Waals surface area contributed by atoms with Gasteiger partial charge in [0.05, 0.1) is 23.9 Å². The fraction of sp³-hybridized carbons (Fsp3) is 0.458. The Bertz CT molecular complexity index is 1110. The quantitative estimate of drug-likeness (QED) is 0.581. The minimum atomic E-state index is 0.0113. The number of hydrogen-bond acceptors (Lipinski definition) is 7. The first-order valence-electron chi connectivity index (χ1n) is 11.0. The number of fused-ring (bicyclic) bond motifs is 1. The molecule has 1 saturated heterocycles. The number of aromatic nitrogens is 4. The lowest BCUT2D eigenvalue weighted by molar-refractivity contribution is -0.133. The molecule has 0 atom stereocenters. The third-order valence-electron chi connectivity index (χ3n) is 5.70. The van der Waals surface area contributed by atoms with Gasteiger partial charge in [0.2, 0.25) is 17.7 Å². The zero-order valence-electron chi connectivity index (χ0n) is 19.0. The first-order valence-corrected chi connectivity index (χ1v) is 11.0. The maximum Gasteiger partial charge on any atom is 0.224 e. The van der Waals surface area contributed by atoms with E-state index in [0.717, 1.165) is 40.7 Å². The molecule has 168 valence electrons.